The second kappa shape index (κ2) is 6.86. The lowest BCUT2D eigenvalue weighted by atomic mass is 10.2. The van der Waals surface area contributed by atoms with Gasteiger partial charge in [0.2, 0.25) is 0 Å². The number of amides is 1. The summed E-state index contributed by atoms with van der Waals surface area (Å²) < 4.78 is 6.78. The van der Waals surface area contributed by atoms with Crippen LogP contribution in [0.1, 0.15) is 10.4 Å². The van der Waals surface area contributed by atoms with Crippen LogP contribution < -0.4 is 10.1 Å². The Labute approximate surface area is 148 Å². The molecule has 0 saturated carbocycles. The number of fused-ring (bicyclic) bond motifs is 2. The first-order valence-corrected chi connectivity index (χ1v) is 8.77. The number of para-hydroxylation sites is 1. The predicted octanol–water partition coefficient (Wildman–Crippen LogP) is 3.65. The first-order valence-electron chi connectivity index (χ1n) is 7.89. The van der Waals surface area contributed by atoms with E-state index < -0.39 is 0 Å². The molecule has 2 aromatic heterocycles. The fourth-order valence-electron chi connectivity index (χ4n) is 2.62. The minimum Gasteiger partial charge on any atom is -0.489 e. The molecule has 0 aliphatic heterocycles. The molecule has 0 fully saturated rings. The molecule has 0 atom stereocenters. The molecule has 5 nitrogen and oxygen atoms in total. The molecule has 2 aromatic carbocycles. The van der Waals surface area contributed by atoms with Crippen molar-refractivity contribution in [1.82, 2.24) is 15.3 Å². The largest absolute Gasteiger partial charge is 0.489 e. The number of nitrogens with one attached hydrogen (secondary N) is 1. The van der Waals surface area contributed by atoms with E-state index in [-0.39, 0.29) is 5.91 Å². The molecule has 2 heterocycles. The smallest absolute Gasteiger partial charge is 0.251 e. The van der Waals surface area contributed by atoms with Crippen molar-refractivity contribution in [2.24, 2.45) is 0 Å². The van der Waals surface area contributed by atoms with Gasteiger partial charge in [0.25, 0.3) is 5.91 Å². The van der Waals surface area contributed by atoms with Gasteiger partial charge in [0.05, 0.1) is 22.3 Å². The van der Waals surface area contributed by atoms with Gasteiger partial charge in [0.1, 0.15) is 17.9 Å². The summed E-state index contributed by atoms with van der Waals surface area (Å²) in [5.74, 6) is 0.605. The highest BCUT2D eigenvalue weighted by atomic mass is 32.1. The number of carbonyl (C=O) groups is 1. The van der Waals surface area contributed by atoms with Crippen LogP contribution in [0, 0.1) is 0 Å². The van der Waals surface area contributed by atoms with Crippen molar-refractivity contribution in [2.45, 2.75) is 0 Å². The van der Waals surface area contributed by atoms with E-state index in [1.807, 2.05) is 42.5 Å². The molecule has 4 rings (SSSR count). The van der Waals surface area contributed by atoms with E-state index in [1.165, 1.54) is 11.3 Å². The molecular formula is C19H15N3O2S. The highest BCUT2D eigenvalue weighted by molar-refractivity contribution is 7.16. The molecule has 1 amide bonds. The van der Waals surface area contributed by atoms with E-state index in [9.17, 15) is 4.79 Å². The summed E-state index contributed by atoms with van der Waals surface area (Å²) in [6.45, 7) is 0.799. The highest BCUT2D eigenvalue weighted by Gasteiger charge is 2.08. The molecule has 0 spiro atoms. The number of carbonyl (C=O) groups excluding carboxylic acids is 1. The number of nitrogens with zero attached hydrogens (tertiary/aromatic N) is 2. The molecule has 1 N–H and O–H groups in total. The van der Waals surface area contributed by atoms with Crippen LogP contribution in [0.5, 0.6) is 5.75 Å². The summed E-state index contributed by atoms with van der Waals surface area (Å²) in [7, 11) is 0. The maximum atomic E-state index is 12.2. The van der Waals surface area contributed by atoms with Crippen molar-refractivity contribution in [1.29, 1.82) is 0 Å². The normalized spacial score (nSPS) is 10.9. The molecule has 4 aromatic rings. The Morgan fingerprint density at radius 1 is 1.12 bits per heavy atom. The molecule has 0 aliphatic carbocycles. The number of rotatable bonds is 5. The van der Waals surface area contributed by atoms with Crippen molar-refractivity contribution >= 4 is 38.4 Å². The van der Waals surface area contributed by atoms with Gasteiger partial charge < -0.3 is 10.1 Å². The van der Waals surface area contributed by atoms with Gasteiger partial charge in [-0.05, 0) is 30.3 Å². The number of aromatic nitrogens is 2. The molecule has 0 radical (unpaired) electrons. The van der Waals surface area contributed by atoms with E-state index in [0.29, 0.717) is 18.7 Å². The van der Waals surface area contributed by atoms with Crippen molar-refractivity contribution < 1.29 is 9.53 Å². The van der Waals surface area contributed by atoms with Gasteiger partial charge in [-0.1, -0.05) is 18.2 Å². The van der Waals surface area contributed by atoms with Gasteiger partial charge in [-0.25, -0.2) is 4.98 Å². The molecule has 6 heteroatoms. The van der Waals surface area contributed by atoms with Gasteiger partial charge in [-0.15, -0.1) is 11.3 Å². The van der Waals surface area contributed by atoms with E-state index >= 15 is 0 Å². The molecular weight excluding hydrogens is 334 g/mol. The zero-order valence-corrected chi connectivity index (χ0v) is 14.1. The van der Waals surface area contributed by atoms with Crippen LogP contribution in [0.25, 0.3) is 21.1 Å². The summed E-state index contributed by atoms with van der Waals surface area (Å²) >= 11 is 1.52. The fraction of sp³-hybridized carbons (Fsp3) is 0.105. The first-order chi connectivity index (χ1) is 12.3. The van der Waals surface area contributed by atoms with E-state index in [4.69, 9.17) is 4.74 Å². The third-order valence-corrected chi connectivity index (χ3v) is 4.63. The van der Waals surface area contributed by atoms with E-state index in [0.717, 1.165) is 26.9 Å². The molecule has 124 valence electrons. The quantitative estimate of drug-likeness (QED) is 0.559. The number of ether oxygens (including phenoxy) is 1. The van der Waals surface area contributed by atoms with Crippen LogP contribution in [-0.2, 0) is 0 Å². The molecule has 25 heavy (non-hydrogen) atoms. The van der Waals surface area contributed by atoms with Crippen molar-refractivity contribution in [2.75, 3.05) is 13.2 Å². The van der Waals surface area contributed by atoms with Crippen LogP contribution in [0.15, 0.2) is 60.2 Å². The van der Waals surface area contributed by atoms with Gasteiger partial charge in [-0.3, -0.25) is 9.78 Å². The van der Waals surface area contributed by atoms with Crippen LogP contribution in [0.4, 0.5) is 0 Å². The maximum absolute atomic E-state index is 12.2. The average Bonchev–Trinajstić information content (AvgIpc) is 3.13. The highest BCUT2D eigenvalue weighted by Crippen LogP contribution is 2.22. The predicted molar refractivity (Wildman–Crippen MR) is 99.2 cm³/mol. The Kier molecular flexibility index (Phi) is 4.26. The number of thiazole rings is 1. The third kappa shape index (κ3) is 3.29. The summed E-state index contributed by atoms with van der Waals surface area (Å²) in [5, 5.41) is 3.90. The van der Waals surface area contributed by atoms with Crippen molar-refractivity contribution in [3.05, 3.63) is 65.8 Å². The third-order valence-electron chi connectivity index (χ3n) is 3.83. The number of pyridine rings is 1. The van der Waals surface area contributed by atoms with E-state index in [2.05, 4.69) is 15.3 Å². The average molecular weight is 349 g/mol. The number of hydrogen-bond donors (Lipinski definition) is 1. The van der Waals surface area contributed by atoms with Crippen LogP contribution in [0.3, 0.4) is 0 Å². The van der Waals surface area contributed by atoms with Gasteiger partial charge in [0, 0.05) is 17.1 Å². The Morgan fingerprint density at radius 3 is 3.00 bits per heavy atom. The first kappa shape index (κ1) is 15.5. The Hall–Kier alpha value is -2.99. The number of benzene rings is 2. The zero-order valence-electron chi connectivity index (χ0n) is 13.3. The fourth-order valence-corrected chi connectivity index (χ4v) is 3.33. The summed E-state index contributed by atoms with van der Waals surface area (Å²) in [4.78, 5) is 20.8. The second-order valence-corrected chi connectivity index (χ2v) is 6.36. The van der Waals surface area contributed by atoms with Gasteiger partial charge in [-0.2, -0.15) is 0 Å². The summed E-state index contributed by atoms with van der Waals surface area (Å²) in [6.07, 6.45) is 1.74. The van der Waals surface area contributed by atoms with Crippen LogP contribution in [0.2, 0.25) is 0 Å². The van der Waals surface area contributed by atoms with Crippen molar-refractivity contribution in [3.8, 4) is 5.75 Å². The van der Waals surface area contributed by atoms with Gasteiger partial charge in [0.15, 0.2) is 0 Å². The minimum atomic E-state index is -0.116. The summed E-state index contributed by atoms with van der Waals surface area (Å²) in [5.41, 5.74) is 4.14. The second-order valence-electron chi connectivity index (χ2n) is 5.47. The van der Waals surface area contributed by atoms with Crippen LogP contribution in [-0.4, -0.2) is 29.0 Å². The zero-order chi connectivity index (χ0) is 17.1. The van der Waals surface area contributed by atoms with Crippen LogP contribution >= 0.6 is 11.3 Å². The molecule has 0 bridgehead atoms. The topological polar surface area (TPSA) is 64.1 Å². The monoisotopic (exact) mass is 349 g/mol. The Morgan fingerprint density at radius 2 is 2.04 bits per heavy atom. The van der Waals surface area contributed by atoms with Gasteiger partial charge >= 0.3 is 0 Å². The lowest BCUT2D eigenvalue weighted by molar-refractivity contribution is 0.0947. The number of hydrogen-bond acceptors (Lipinski definition) is 5. The molecule has 0 unspecified atom stereocenters. The maximum Gasteiger partial charge on any atom is 0.251 e. The minimum absolute atomic E-state index is 0.116. The Balaban J connectivity index is 1.36. The lowest BCUT2D eigenvalue weighted by Crippen LogP contribution is -2.28. The van der Waals surface area contributed by atoms with E-state index in [1.54, 1.807) is 17.8 Å². The van der Waals surface area contributed by atoms with Crippen molar-refractivity contribution in [3.63, 3.8) is 0 Å². The molecule has 0 aliphatic rings. The standard InChI is InChI=1S/C19H15N3O2S/c23-19(14-6-7-15-17(11-14)25-12-22-15)21-9-10-24-16-5-1-3-13-4-2-8-20-18(13)16/h1-8,11-12H,9-10H2,(H,21,23). The summed E-state index contributed by atoms with van der Waals surface area (Å²) in [6, 6.07) is 15.2. The molecule has 0 saturated heterocycles. The lowest BCUT2D eigenvalue weighted by Gasteiger charge is -2.09. The Bertz CT molecular complexity index is 1040. The SMILES string of the molecule is O=C(NCCOc1cccc2cccnc12)c1ccc2ncsc2c1.